The summed E-state index contributed by atoms with van der Waals surface area (Å²) in [5.74, 6) is -1.73. The van der Waals surface area contributed by atoms with E-state index >= 15 is 0 Å². The number of rotatable bonds is 5. The molecule has 0 saturated carbocycles. The molecule has 1 rings (SSSR count). The first-order valence-electron chi connectivity index (χ1n) is 5.27. The van der Waals surface area contributed by atoms with Crippen LogP contribution in [0.3, 0.4) is 0 Å². The summed E-state index contributed by atoms with van der Waals surface area (Å²) in [4.78, 5) is 25.1. The Kier molecular flexibility index (Phi) is 4.48. The average Bonchev–Trinajstić information content (AvgIpc) is 2.34. The van der Waals surface area contributed by atoms with Gasteiger partial charge in [-0.2, -0.15) is 13.2 Å². The van der Waals surface area contributed by atoms with E-state index in [0.29, 0.717) is 0 Å². The molecule has 0 unspecified atom stereocenters. The molecule has 0 bridgehead atoms. The predicted molar refractivity (Wildman–Crippen MR) is 61.8 cm³/mol. The SMILES string of the molecule is CN(CCC(F)(F)F)c1ncc(C(=O)O)cc1[N+](=O)[O-]. The molecule has 0 aliphatic carbocycles. The Morgan fingerprint density at radius 1 is 1.55 bits per heavy atom. The van der Waals surface area contributed by atoms with Gasteiger partial charge in [0, 0.05) is 25.9 Å². The lowest BCUT2D eigenvalue weighted by atomic mass is 10.2. The molecule has 0 aromatic carbocycles. The minimum absolute atomic E-state index is 0.316. The molecule has 0 amide bonds. The predicted octanol–water partition coefficient (Wildman–Crippen LogP) is 2.08. The van der Waals surface area contributed by atoms with E-state index in [1.54, 1.807) is 0 Å². The van der Waals surface area contributed by atoms with Crippen LogP contribution < -0.4 is 4.90 Å². The highest BCUT2D eigenvalue weighted by Gasteiger charge is 2.29. The zero-order chi connectivity index (χ0) is 15.5. The number of halogens is 3. The minimum Gasteiger partial charge on any atom is -0.478 e. The number of nitro groups is 1. The zero-order valence-corrected chi connectivity index (χ0v) is 10.2. The van der Waals surface area contributed by atoms with Gasteiger partial charge in [-0.1, -0.05) is 0 Å². The first-order valence-corrected chi connectivity index (χ1v) is 5.27. The van der Waals surface area contributed by atoms with Crippen molar-refractivity contribution in [2.45, 2.75) is 12.6 Å². The second-order valence-corrected chi connectivity index (χ2v) is 3.92. The highest BCUT2D eigenvalue weighted by atomic mass is 19.4. The van der Waals surface area contributed by atoms with Crippen molar-refractivity contribution in [1.82, 2.24) is 4.98 Å². The normalized spacial score (nSPS) is 11.2. The lowest BCUT2D eigenvalue weighted by molar-refractivity contribution is -0.384. The number of carboxylic acids is 1. The van der Waals surface area contributed by atoms with E-state index in [-0.39, 0.29) is 5.82 Å². The van der Waals surface area contributed by atoms with Crippen molar-refractivity contribution in [3.05, 3.63) is 27.9 Å². The number of alkyl halides is 3. The van der Waals surface area contributed by atoms with Crippen LogP contribution in [0.1, 0.15) is 16.8 Å². The minimum atomic E-state index is -4.40. The molecule has 1 heterocycles. The summed E-state index contributed by atoms with van der Waals surface area (Å²) in [7, 11) is 1.21. The van der Waals surface area contributed by atoms with Gasteiger partial charge in [-0.05, 0) is 0 Å². The van der Waals surface area contributed by atoms with E-state index < -0.39 is 41.3 Å². The van der Waals surface area contributed by atoms with Crippen molar-refractivity contribution in [2.24, 2.45) is 0 Å². The summed E-state index contributed by atoms with van der Waals surface area (Å²) in [6.45, 7) is -0.524. The van der Waals surface area contributed by atoms with Crippen LogP contribution in [0.15, 0.2) is 12.3 Å². The van der Waals surface area contributed by atoms with Crippen molar-refractivity contribution >= 4 is 17.5 Å². The van der Waals surface area contributed by atoms with Gasteiger partial charge in [0.2, 0.25) is 5.82 Å². The summed E-state index contributed by atoms with van der Waals surface area (Å²) < 4.78 is 36.3. The molecule has 0 spiro atoms. The molecule has 0 atom stereocenters. The van der Waals surface area contributed by atoms with Gasteiger partial charge in [0.1, 0.15) is 0 Å². The Morgan fingerprint density at radius 2 is 2.15 bits per heavy atom. The molecule has 1 N–H and O–H groups in total. The van der Waals surface area contributed by atoms with Crippen molar-refractivity contribution in [3.8, 4) is 0 Å². The highest BCUT2D eigenvalue weighted by Crippen LogP contribution is 2.27. The van der Waals surface area contributed by atoms with E-state index in [4.69, 9.17) is 5.11 Å². The standard InChI is InChI=1S/C10H10F3N3O4/c1-15(3-2-10(11,12)13)8-7(16(19)20)4-6(5-14-8)9(17)18/h4-5H,2-3H2,1H3,(H,17,18). The molecule has 1 aromatic rings. The molecule has 0 aliphatic rings. The molecule has 10 heteroatoms. The first-order chi connectivity index (χ1) is 9.11. The Bertz CT molecular complexity index is 533. The van der Waals surface area contributed by atoms with Crippen LogP contribution >= 0.6 is 0 Å². The maximum atomic E-state index is 12.1. The first kappa shape index (κ1) is 15.7. The fraction of sp³-hybridized carbons (Fsp3) is 0.400. The third kappa shape index (κ3) is 4.07. The smallest absolute Gasteiger partial charge is 0.390 e. The van der Waals surface area contributed by atoms with E-state index in [2.05, 4.69) is 4.98 Å². The van der Waals surface area contributed by atoms with Crippen molar-refractivity contribution in [3.63, 3.8) is 0 Å². The number of aromatic carboxylic acids is 1. The van der Waals surface area contributed by atoms with Crippen LogP contribution in [0.2, 0.25) is 0 Å². The molecule has 0 aliphatic heterocycles. The van der Waals surface area contributed by atoms with Crippen LogP contribution in [0.5, 0.6) is 0 Å². The van der Waals surface area contributed by atoms with Gasteiger partial charge < -0.3 is 10.0 Å². The second-order valence-electron chi connectivity index (χ2n) is 3.92. The van der Waals surface area contributed by atoms with Gasteiger partial charge >= 0.3 is 17.8 Å². The van der Waals surface area contributed by atoms with E-state index in [9.17, 15) is 28.1 Å². The van der Waals surface area contributed by atoms with Gasteiger partial charge in [-0.3, -0.25) is 10.1 Å². The number of aromatic nitrogens is 1. The largest absolute Gasteiger partial charge is 0.478 e. The number of carbonyl (C=O) groups is 1. The van der Waals surface area contributed by atoms with Crippen LogP contribution in [0.25, 0.3) is 0 Å². The average molecular weight is 293 g/mol. The fourth-order valence-corrected chi connectivity index (χ4v) is 1.39. The Labute approximate surface area is 110 Å². The molecular formula is C10H10F3N3O4. The molecular weight excluding hydrogens is 283 g/mol. The third-order valence-electron chi connectivity index (χ3n) is 2.38. The van der Waals surface area contributed by atoms with Crippen LogP contribution in [-0.2, 0) is 0 Å². The third-order valence-corrected chi connectivity index (χ3v) is 2.38. The molecule has 110 valence electrons. The Hall–Kier alpha value is -2.39. The molecule has 20 heavy (non-hydrogen) atoms. The maximum Gasteiger partial charge on any atom is 0.390 e. The number of pyridine rings is 1. The van der Waals surface area contributed by atoms with Gasteiger partial charge in [0.15, 0.2) is 0 Å². The number of hydrogen-bond donors (Lipinski definition) is 1. The lowest BCUT2D eigenvalue weighted by Gasteiger charge is -2.18. The number of anilines is 1. The quantitative estimate of drug-likeness (QED) is 0.659. The fourth-order valence-electron chi connectivity index (χ4n) is 1.39. The molecule has 0 radical (unpaired) electrons. The van der Waals surface area contributed by atoms with E-state index in [1.807, 2.05) is 0 Å². The number of hydrogen-bond acceptors (Lipinski definition) is 5. The van der Waals surface area contributed by atoms with Gasteiger partial charge in [0.25, 0.3) is 0 Å². The number of carboxylic acid groups (broad SMARTS) is 1. The second kappa shape index (κ2) is 5.72. The molecule has 7 nitrogen and oxygen atoms in total. The summed E-state index contributed by atoms with van der Waals surface area (Å²) in [5, 5.41) is 19.5. The van der Waals surface area contributed by atoms with E-state index in [1.165, 1.54) is 7.05 Å². The molecule has 0 fully saturated rings. The topological polar surface area (TPSA) is 96.6 Å². The van der Waals surface area contributed by atoms with Gasteiger partial charge in [-0.25, -0.2) is 9.78 Å². The lowest BCUT2D eigenvalue weighted by Crippen LogP contribution is -2.25. The monoisotopic (exact) mass is 293 g/mol. The summed E-state index contributed by atoms with van der Waals surface area (Å²) in [6.07, 6.45) is -4.71. The van der Waals surface area contributed by atoms with Crippen molar-refractivity contribution in [1.29, 1.82) is 0 Å². The van der Waals surface area contributed by atoms with Crippen LogP contribution in [0, 0.1) is 10.1 Å². The summed E-state index contributed by atoms with van der Waals surface area (Å²) >= 11 is 0. The Balaban J connectivity index is 3.05. The van der Waals surface area contributed by atoms with Gasteiger partial charge in [-0.15, -0.1) is 0 Å². The molecule has 1 aromatic heterocycles. The Morgan fingerprint density at radius 3 is 2.60 bits per heavy atom. The molecule has 0 saturated heterocycles. The summed E-state index contributed by atoms with van der Waals surface area (Å²) in [5.41, 5.74) is -1.07. The highest BCUT2D eigenvalue weighted by molar-refractivity contribution is 5.88. The number of nitrogens with zero attached hydrogens (tertiary/aromatic N) is 3. The van der Waals surface area contributed by atoms with Crippen LogP contribution in [-0.4, -0.2) is 40.8 Å². The maximum absolute atomic E-state index is 12.1. The van der Waals surface area contributed by atoms with Crippen LogP contribution in [0.4, 0.5) is 24.7 Å². The van der Waals surface area contributed by atoms with Gasteiger partial charge in [0.05, 0.1) is 16.9 Å². The summed E-state index contributed by atoms with van der Waals surface area (Å²) in [6, 6.07) is 0.759. The van der Waals surface area contributed by atoms with E-state index in [0.717, 1.165) is 17.2 Å². The van der Waals surface area contributed by atoms with Crippen molar-refractivity contribution in [2.75, 3.05) is 18.5 Å². The van der Waals surface area contributed by atoms with Crippen molar-refractivity contribution < 1.29 is 28.0 Å². The zero-order valence-electron chi connectivity index (χ0n) is 10.2.